The van der Waals surface area contributed by atoms with E-state index < -0.39 is 0 Å². The Kier molecular flexibility index (Phi) is 5.12. The first-order chi connectivity index (χ1) is 15.2. The standard InChI is InChI=1S/C26H25NO4/c1-29-19-10-12-23(30-2)21(15-19)22-8-5-13-27(22)16-18-14-25(28)31-24-11-9-17-6-3-4-7-20(17)26(18)24/h3-4,6-7,9-12,14-15,22H,5,8,13,16H2,1-2H3/p+1/t22-/m1/s1. The second-order valence-electron chi connectivity index (χ2n) is 8.14. The van der Waals surface area contributed by atoms with Gasteiger partial charge in [-0.3, -0.25) is 0 Å². The first-order valence-corrected chi connectivity index (χ1v) is 10.7. The Hall–Kier alpha value is -3.31. The van der Waals surface area contributed by atoms with Crippen LogP contribution < -0.4 is 20.0 Å². The molecule has 158 valence electrons. The zero-order valence-corrected chi connectivity index (χ0v) is 17.8. The van der Waals surface area contributed by atoms with E-state index in [1.54, 1.807) is 20.3 Å². The normalized spacial score (nSPS) is 18.5. The molecular formula is C26H26NO4+. The van der Waals surface area contributed by atoms with Crippen LogP contribution in [0.3, 0.4) is 0 Å². The zero-order chi connectivity index (χ0) is 21.4. The highest BCUT2D eigenvalue weighted by atomic mass is 16.5. The van der Waals surface area contributed by atoms with E-state index in [2.05, 4.69) is 18.2 Å². The van der Waals surface area contributed by atoms with Crippen LogP contribution in [0.2, 0.25) is 0 Å². The Labute approximate surface area is 180 Å². The molecule has 0 bridgehead atoms. The van der Waals surface area contributed by atoms with E-state index in [0.29, 0.717) is 5.58 Å². The maximum Gasteiger partial charge on any atom is 0.336 e. The maximum atomic E-state index is 12.3. The molecule has 5 nitrogen and oxygen atoms in total. The molecule has 0 aliphatic carbocycles. The summed E-state index contributed by atoms with van der Waals surface area (Å²) in [6, 6.07) is 20.1. The molecule has 31 heavy (non-hydrogen) atoms. The topological polar surface area (TPSA) is 53.1 Å². The van der Waals surface area contributed by atoms with E-state index in [1.807, 2.05) is 36.4 Å². The van der Waals surface area contributed by atoms with Crippen molar-refractivity contribution in [3.8, 4) is 11.5 Å². The lowest BCUT2D eigenvalue weighted by molar-refractivity contribution is -0.931. The molecule has 1 aliphatic heterocycles. The summed E-state index contributed by atoms with van der Waals surface area (Å²) in [4.78, 5) is 13.8. The molecule has 5 rings (SSSR count). The number of quaternary nitrogens is 1. The third-order valence-corrected chi connectivity index (χ3v) is 6.43. The van der Waals surface area contributed by atoms with Crippen molar-refractivity contribution in [1.82, 2.24) is 0 Å². The van der Waals surface area contributed by atoms with Crippen LogP contribution >= 0.6 is 0 Å². The average molecular weight is 416 g/mol. The van der Waals surface area contributed by atoms with E-state index in [-0.39, 0.29) is 11.7 Å². The molecule has 1 N–H and O–H groups in total. The molecule has 1 saturated heterocycles. The van der Waals surface area contributed by atoms with Gasteiger partial charge in [-0.2, -0.15) is 0 Å². The molecule has 2 heterocycles. The molecule has 1 aromatic heterocycles. The number of fused-ring (bicyclic) bond motifs is 3. The summed E-state index contributed by atoms with van der Waals surface area (Å²) in [5, 5.41) is 3.30. The van der Waals surface area contributed by atoms with Gasteiger partial charge in [0.1, 0.15) is 29.7 Å². The van der Waals surface area contributed by atoms with Crippen LogP contribution in [0.1, 0.15) is 30.0 Å². The predicted molar refractivity (Wildman–Crippen MR) is 121 cm³/mol. The third kappa shape index (κ3) is 3.55. The van der Waals surface area contributed by atoms with Crippen molar-refractivity contribution in [2.24, 2.45) is 0 Å². The summed E-state index contributed by atoms with van der Waals surface area (Å²) in [6.45, 7) is 1.79. The summed E-state index contributed by atoms with van der Waals surface area (Å²) in [7, 11) is 3.40. The highest BCUT2D eigenvalue weighted by Gasteiger charge is 2.33. The number of hydrogen-bond acceptors (Lipinski definition) is 4. The highest BCUT2D eigenvalue weighted by molar-refractivity contribution is 6.06. The van der Waals surface area contributed by atoms with Crippen LogP contribution in [0.4, 0.5) is 0 Å². The molecular weight excluding hydrogens is 390 g/mol. The number of nitrogens with one attached hydrogen (secondary N) is 1. The second-order valence-corrected chi connectivity index (χ2v) is 8.14. The monoisotopic (exact) mass is 416 g/mol. The molecule has 0 amide bonds. The summed E-state index contributed by atoms with van der Waals surface area (Å²) in [6.07, 6.45) is 2.19. The van der Waals surface area contributed by atoms with E-state index in [0.717, 1.165) is 64.7 Å². The molecule has 0 radical (unpaired) electrons. The van der Waals surface area contributed by atoms with Crippen LogP contribution in [-0.4, -0.2) is 20.8 Å². The SMILES string of the molecule is COc1ccc(OC)c([C@H]2CCC[NH+]2Cc2cc(=O)oc3ccc4ccccc4c23)c1. The molecule has 1 fully saturated rings. The minimum absolute atomic E-state index is 0.280. The van der Waals surface area contributed by atoms with Gasteiger partial charge in [0.25, 0.3) is 0 Å². The fraction of sp³-hybridized carbons (Fsp3) is 0.269. The summed E-state index contributed by atoms with van der Waals surface area (Å²) >= 11 is 0. The molecule has 0 spiro atoms. The van der Waals surface area contributed by atoms with Crippen molar-refractivity contribution in [3.05, 3.63) is 82.2 Å². The third-order valence-electron chi connectivity index (χ3n) is 6.43. The lowest BCUT2D eigenvalue weighted by atomic mass is 10.00. The summed E-state index contributed by atoms with van der Waals surface area (Å²) in [5.41, 5.74) is 2.54. The minimum Gasteiger partial charge on any atom is -0.497 e. The molecule has 5 heteroatoms. The Morgan fingerprint density at radius 2 is 1.90 bits per heavy atom. The van der Waals surface area contributed by atoms with E-state index in [9.17, 15) is 4.79 Å². The van der Waals surface area contributed by atoms with Crippen LogP contribution in [0, 0.1) is 0 Å². The fourth-order valence-electron chi connectivity index (χ4n) is 5.01. The number of methoxy groups -OCH3 is 2. The van der Waals surface area contributed by atoms with Crippen LogP contribution in [0.5, 0.6) is 11.5 Å². The molecule has 1 aliphatic rings. The van der Waals surface area contributed by atoms with Gasteiger partial charge in [0.15, 0.2) is 0 Å². The summed E-state index contributed by atoms with van der Waals surface area (Å²) in [5.74, 6) is 1.71. The summed E-state index contributed by atoms with van der Waals surface area (Å²) < 4.78 is 16.7. The first-order valence-electron chi connectivity index (χ1n) is 10.7. The van der Waals surface area contributed by atoms with Crippen molar-refractivity contribution < 1.29 is 18.8 Å². The van der Waals surface area contributed by atoms with Crippen molar-refractivity contribution in [2.75, 3.05) is 20.8 Å². The molecule has 4 aromatic rings. The van der Waals surface area contributed by atoms with Gasteiger partial charge in [-0.1, -0.05) is 30.3 Å². The zero-order valence-electron chi connectivity index (χ0n) is 17.8. The first kappa shape index (κ1) is 19.6. The maximum absolute atomic E-state index is 12.3. The largest absolute Gasteiger partial charge is 0.497 e. The highest BCUT2D eigenvalue weighted by Crippen LogP contribution is 2.33. The Balaban J connectivity index is 1.60. The van der Waals surface area contributed by atoms with Crippen LogP contribution in [0.25, 0.3) is 21.7 Å². The minimum atomic E-state index is -0.299. The molecule has 1 unspecified atom stereocenters. The molecule has 0 saturated carbocycles. The van der Waals surface area contributed by atoms with Crippen molar-refractivity contribution in [3.63, 3.8) is 0 Å². The second kappa shape index (κ2) is 8.08. The number of hydrogen-bond donors (Lipinski definition) is 1. The van der Waals surface area contributed by atoms with Gasteiger partial charge in [-0.15, -0.1) is 0 Å². The molecule has 3 aromatic carbocycles. The van der Waals surface area contributed by atoms with Crippen LogP contribution in [0.15, 0.2) is 69.9 Å². The number of rotatable bonds is 5. The number of likely N-dealkylation sites (tertiary alicyclic amines) is 1. The Bertz CT molecular complexity index is 1310. The smallest absolute Gasteiger partial charge is 0.336 e. The Morgan fingerprint density at radius 3 is 2.74 bits per heavy atom. The van der Waals surface area contributed by atoms with E-state index in [4.69, 9.17) is 13.9 Å². The predicted octanol–water partition coefficient (Wildman–Crippen LogP) is 3.88. The quantitative estimate of drug-likeness (QED) is 0.396. The number of benzene rings is 3. The van der Waals surface area contributed by atoms with Gasteiger partial charge in [0.05, 0.1) is 26.3 Å². The van der Waals surface area contributed by atoms with Crippen LogP contribution in [-0.2, 0) is 6.54 Å². The Morgan fingerprint density at radius 1 is 1.03 bits per heavy atom. The van der Waals surface area contributed by atoms with Crippen molar-refractivity contribution in [1.29, 1.82) is 0 Å². The molecule has 2 atom stereocenters. The lowest BCUT2D eigenvalue weighted by Gasteiger charge is -2.24. The van der Waals surface area contributed by atoms with E-state index in [1.165, 1.54) is 4.90 Å². The lowest BCUT2D eigenvalue weighted by Crippen LogP contribution is -3.08. The van der Waals surface area contributed by atoms with Crippen molar-refractivity contribution in [2.45, 2.75) is 25.4 Å². The van der Waals surface area contributed by atoms with Gasteiger partial charge in [-0.25, -0.2) is 4.79 Å². The van der Waals surface area contributed by atoms with Crippen molar-refractivity contribution >= 4 is 21.7 Å². The van der Waals surface area contributed by atoms with Gasteiger partial charge in [0.2, 0.25) is 0 Å². The van der Waals surface area contributed by atoms with E-state index >= 15 is 0 Å². The average Bonchev–Trinajstić information content (AvgIpc) is 3.26. The van der Waals surface area contributed by atoms with Gasteiger partial charge < -0.3 is 18.8 Å². The fourth-order valence-corrected chi connectivity index (χ4v) is 5.01. The van der Waals surface area contributed by atoms with Gasteiger partial charge >= 0.3 is 5.63 Å². The van der Waals surface area contributed by atoms with Gasteiger partial charge in [0, 0.05) is 29.9 Å². The van der Waals surface area contributed by atoms with Gasteiger partial charge in [-0.05, 0) is 35.0 Å². The number of ether oxygens (including phenoxy) is 2.